The molecule has 5 heterocycles. The number of nitrogens with zero attached hydrogens (tertiary/aromatic N) is 12. The second-order valence-corrected chi connectivity index (χ2v) is 22.9. The fourth-order valence-corrected chi connectivity index (χ4v) is 12.7. The molecule has 0 bridgehead atoms. The van der Waals surface area contributed by atoms with Crippen molar-refractivity contribution in [1.29, 1.82) is 5.26 Å². The van der Waals surface area contributed by atoms with Crippen LogP contribution in [0.15, 0.2) is 303 Å². The monoisotopic (exact) mass is 1200 g/mol. The van der Waals surface area contributed by atoms with Crippen molar-refractivity contribution < 1.29 is 0 Å². The van der Waals surface area contributed by atoms with Crippen molar-refractivity contribution in [2.75, 3.05) is 0 Å². The highest BCUT2D eigenvalue weighted by molar-refractivity contribution is 6.12. The van der Waals surface area contributed by atoms with E-state index in [9.17, 15) is 5.26 Å². The molecule has 438 valence electrons. The van der Waals surface area contributed by atoms with E-state index in [0.29, 0.717) is 63.5 Å². The summed E-state index contributed by atoms with van der Waals surface area (Å²) in [4.78, 5) is 46.0. The van der Waals surface area contributed by atoms with Gasteiger partial charge in [-0.25, -0.2) is 44.9 Å². The molecule has 94 heavy (non-hydrogen) atoms. The predicted molar refractivity (Wildman–Crippen MR) is 374 cm³/mol. The molecule has 5 aromatic heterocycles. The van der Waals surface area contributed by atoms with Gasteiger partial charge in [0.05, 0.1) is 39.4 Å². The van der Waals surface area contributed by atoms with E-state index < -0.39 is 0 Å². The topological polar surface area (TPSA) is 150 Å². The molecule has 0 radical (unpaired) electrons. The van der Waals surface area contributed by atoms with E-state index in [1.54, 1.807) is 0 Å². The zero-order valence-electron chi connectivity index (χ0n) is 50.2. The zero-order chi connectivity index (χ0) is 62.5. The van der Waals surface area contributed by atoms with Crippen LogP contribution in [0.1, 0.15) is 5.56 Å². The molecule has 0 aliphatic carbocycles. The van der Waals surface area contributed by atoms with Crippen molar-refractivity contribution >= 4 is 43.6 Å². The normalized spacial score (nSPS) is 11.4. The zero-order valence-corrected chi connectivity index (χ0v) is 50.2. The largest absolute Gasteiger partial charge is 0.309 e. The van der Waals surface area contributed by atoms with E-state index in [1.165, 1.54) is 0 Å². The summed E-state index contributed by atoms with van der Waals surface area (Å²) in [5.74, 6) is 5.01. The van der Waals surface area contributed by atoms with Crippen molar-refractivity contribution in [1.82, 2.24) is 54.0 Å². The maximum atomic E-state index is 11.4. The third kappa shape index (κ3) is 9.95. The predicted octanol–water partition coefficient (Wildman–Crippen LogP) is 19.0. The lowest BCUT2D eigenvalue weighted by Crippen LogP contribution is -2.03. The molecule has 0 saturated carbocycles. The number of fused-ring (bicyclic) bond motifs is 6. The first-order valence-corrected chi connectivity index (χ1v) is 30.9. The second kappa shape index (κ2) is 23.3. The summed E-state index contributed by atoms with van der Waals surface area (Å²) in [7, 11) is 0. The SMILES string of the molecule is N#Cc1ccc(-n2c3ccccc3c3cc(-c4nc(-c5ccccc5)nc(-c5ccccc5)n4)ccc32)cc1-c1cc(-c2nc(-c3ccccc3)nc(-c3ccccc3)n2)ccc1-n1c2ccccc2c2cc(-c3nc(-c4ccccc4)nc(-c4ccccc4)n3)ccc21. The molecule has 0 spiro atoms. The van der Waals surface area contributed by atoms with Gasteiger partial charge in [-0.2, -0.15) is 5.26 Å². The molecule has 12 nitrogen and oxygen atoms in total. The quantitative estimate of drug-likeness (QED) is 0.116. The third-order valence-corrected chi connectivity index (χ3v) is 17.1. The maximum absolute atomic E-state index is 11.4. The van der Waals surface area contributed by atoms with Gasteiger partial charge in [0.25, 0.3) is 0 Å². The lowest BCUT2D eigenvalue weighted by molar-refractivity contribution is 1.07. The minimum Gasteiger partial charge on any atom is -0.309 e. The standard InChI is InChI=1S/C82H50N12/c83-51-61-39-43-62(93-69-37-21-19-35-63(69)66-47-58(40-44-71(66)93)80-87-74(52-23-7-1-8-24-52)84-75(88-80)53-25-9-2-10-26-53)50-65(61)68-49-60(82-91-78(56-31-15-5-16-32-56)86-79(92-82)57-33-17-6-18-34-57)42-46-73(68)94-70-38-22-20-36-64(70)67-48-59(41-45-72(67)94)81-89-76(54-27-11-3-12-28-54)85-77(90-81)55-29-13-4-14-30-55/h1-50H. The van der Waals surface area contributed by atoms with Gasteiger partial charge in [-0.3, -0.25) is 0 Å². The van der Waals surface area contributed by atoms with Gasteiger partial charge < -0.3 is 9.13 Å². The Morgan fingerprint density at radius 2 is 0.521 bits per heavy atom. The second-order valence-electron chi connectivity index (χ2n) is 22.9. The summed E-state index contributed by atoms with van der Waals surface area (Å²) >= 11 is 0. The first-order chi connectivity index (χ1) is 46.5. The van der Waals surface area contributed by atoms with Crippen LogP contribution >= 0.6 is 0 Å². The number of aromatic nitrogens is 11. The Labute approximate surface area is 539 Å². The Bertz CT molecular complexity index is 5620. The molecule has 0 fully saturated rings. The van der Waals surface area contributed by atoms with Crippen molar-refractivity contribution in [2.45, 2.75) is 0 Å². The number of nitriles is 1. The molecule has 17 rings (SSSR count). The van der Waals surface area contributed by atoms with Crippen LogP contribution in [0.3, 0.4) is 0 Å². The van der Waals surface area contributed by atoms with Crippen LogP contribution in [-0.4, -0.2) is 54.0 Å². The van der Waals surface area contributed by atoms with Crippen LogP contribution in [0.25, 0.3) is 169 Å². The molecule has 0 aliphatic heterocycles. The van der Waals surface area contributed by atoms with Gasteiger partial charge in [0, 0.05) is 88.4 Å². The Morgan fingerprint density at radius 1 is 0.223 bits per heavy atom. The highest BCUT2D eigenvalue weighted by atomic mass is 15.1. The number of para-hydroxylation sites is 2. The summed E-state index contributed by atoms with van der Waals surface area (Å²) in [6, 6.07) is 105. The lowest BCUT2D eigenvalue weighted by Gasteiger charge is -2.18. The Morgan fingerprint density at radius 3 is 0.894 bits per heavy atom. The van der Waals surface area contributed by atoms with Gasteiger partial charge in [-0.1, -0.05) is 218 Å². The van der Waals surface area contributed by atoms with E-state index in [2.05, 4.69) is 124 Å². The van der Waals surface area contributed by atoms with E-state index >= 15 is 0 Å². The fourth-order valence-electron chi connectivity index (χ4n) is 12.7. The molecule has 0 saturated heterocycles. The summed E-state index contributed by atoms with van der Waals surface area (Å²) in [6.45, 7) is 0. The van der Waals surface area contributed by atoms with Crippen molar-refractivity contribution in [3.63, 3.8) is 0 Å². The van der Waals surface area contributed by atoms with Crippen LogP contribution in [0.4, 0.5) is 0 Å². The van der Waals surface area contributed by atoms with Crippen LogP contribution < -0.4 is 0 Å². The molecule has 0 amide bonds. The molecule has 0 unspecified atom stereocenters. The van der Waals surface area contributed by atoms with Gasteiger partial charge in [0.2, 0.25) is 0 Å². The van der Waals surface area contributed by atoms with E-state index in [-0.39, 0.29) is 0 Å². The van der Waals surface area contributed by atoms with Crippen LogP contribution in [0.2, 0.25) is 0 Å². The minimum absolute atomic E-state index is 0.479. The van der Waals surface area contributed by atoms with E-state index in [4.69, 9.17) is 44.9 Å². The summed E-state index contributed by atoms with van der Waals surface area (Å²) < 4.78 is 4.58. The molecule has 12 aromatic carbocycles. The molecule has 12 heteroatoms. The fraction of sp³-hybridized carbons (Fsp3) is 0. The molecule has 17 aromatic rings. The molecule has 0 aliphatic rings. The minimum atomic E-state index is 0.479. The number of rotatable bonds is 12. The highest BCUT2D eigenvalue weighted by Crippen LogP contribution is 2.43. The average Bonchev–Trinajstić information content (AvgIpc) is 1.53. The smallest absolute Gasteiger partial charge is 0.164 e. The van der Waals surface area contributed by atoms with E-state index in [1.807, 2.05) is 194 Å². The Hall–Kier alpha value is -13.2. The van der Waals surface area contributed by atoms with Gasteiger partial charge in [0.1, 0.15) is 0 Å². The molecular formula is C82H50N12. The van der Waals surface area contributed by atoms with Gasteiger partial charge in [0.15, 0.2) is 52.4 Å². The molecule has 0 N–H and O–H groups in total. The third-order valence-electron chi connectivity index (χ3n) is 17.1. The lowest BCUT2D eigenvalue weighted by atomic mass is 9.95. The number of benzene rings is 12. The van der Waals surface area contributed by atoms with Gasteiger partial charge >= 0.3 is 0 Å². The Kier molecular flexibility index (Phi) is 13.6. The highest BCUT2D eigenvalue weighted by Gasteiger charge is 2.24. The van der Waals surface area contributed by atoms with Gasteiger partial charge in [-0.05, 0) is 84.9 Å². The van der Waals surface area contributed by atoms with Crippen LogP contribution in [0, 0.1) is 11.3 Å². The van der Waals surface area contributed by atoms with Crippen LogP contribution in [-0.2, 0) is 0 Å². The summed E-state index contributed by atoms with van der Waals surface area (Å²) in [5, 5.41) is 15.5. The van der Waals surface area contributed by atoms with Crippen molar-refractivity contribution in [3.05, 3.63) is 309 Å². The van der Waals surface area contributed by atoms with Crippen molar-refractivity contribution in [3.8, 4) is 131 Å². The van der Waals surface area contributed by atoms with Gasteiger partial charge in [-0.15, -0.1) is 0 Å². The van der Waals surface area contributed by atoms with Crippen LogP contribution in [0.5, 0.6) is 0 Å². The number of hydrogen-bond donors (Lipinski definition) is 0. The summed E-state index contributed by atoms with van der Waals surface area (Å²) in [6.07, 6.45) is 0. The summed E-state index contributed by atoms with van der Waals surface area (Å²) in [5.41, 5.74) is 15.2. The molecular weight excluding hydrogens is 1150 g/mol. The van der Waals surface area contributed by atoms with E-state index in [0.717, 1.165) is 111 Å². The number of hydrogen-bond acceptors (Lipinski definition) is 10. The average molecular weight is 1200 g/mol. The maximum Gasteiger partial charge on any atom is 0.164 e. The first kappa shape index (κ1) is 54.9. The van der Waals surface area contributed by atoms with Crippen molar-refractivity contribution in [2.24, 2.45) is 0 Å². The first-order valence-electron chi connectivity index (χ1n) is 30.9. The Balaban J connectivity index is 0.873. The molecule has 0 atom stereocenters.